The van der Waals surface area contributed by atoms with Crippen LogP contribution < -0.4 is 5.32 Å². The smallest absolute Gasteiger partial charge is 0.305 e. The molecule has 0 bridgehead atoms. The zero-order valence-corrected chi connectivity index (χ0v) is 15.3. The molecular weight excluding hydrogens is 330 g/mol. The summed E-state index contributed by atoms with van der Waals surface area (Å²) in [6.45, 7) is 4.64. The van der Waals surface area contributed by atoms with E-state index in [0.29, 0.717) is 12.1 Å². The molecule has 0 spiro atoms. The third-order valence-electron chi connectivity index (χ3n) is 5.08. The maximum absolute atomic E-state index is 12.6. The molecule has 2 aromatic rings. The summed E-state index contributed by atoms with van der Waals surface area (Å²) in [5, 5.41) is 16.6. The minimum absolute atomic E-state index is 0.0191. The molecule has 1 aliphatic rings. The minimum Gasteiger partial charge on any atom is -0.481 e. The number of carboxylic acids is 1. The molecule has 138 valence electrons. The lowest BCUT2D eigenvalue weighted by Crippen LogP contribution is -2.47. The number of aliphatic carboxylic acids is 1. The molecule has 0 radical (unpaired) electrons. The fourth-order valence-electron chi connectivity index (χ4n) is 3.77. The van der Waals surface area contributed by atoms with Gasteiger partial charge in [0.15, 0.2) is 0 Å². The van der Waals surface area contributed by atoms with Crippen LogP contribution in [0.1, 0.15) is 59.4 Å². The summed E-state index contributed by atoms with van der Waals surface area (Å²) in [5.74, 6) is -1.07. The Bertz CT molecular complexity index is 802. The van der Waals surface area contributed by atoms with Crippen molar-refractivity contribution in [2.45, 2.75) is 58.0 Å². The van der Waals surface area contributed by atoms with Gasteiger partial charge in [0.2, 0.25) is 0 Å². The van der Waals surface area contributed by atoms with E-state index >= 15 is 0 Å². The molecular formula is C20H25N3O3. The molecule has 1 aromatic carbocycles. The van der Waals surface area contributed by atoms with Gasteiger partial charge in [0.25, 0.3) is 5.91 Å². The van der Waals surface area contributed by atoms with Gasteiger partial charge in [-0.05, 0) is 50.5 Å². The second kappa shape index (κ2) is 7.32. The number of benzene rings is 1. The highest BCUT2D eigenvalue weighted by Gasteiger charge is 2.37. The van der Waals surface area contributed by atoms with E-state index < -0.39 is 11.5 Å². The number of carbonyl (C=O) groups excluding carboxylic acids is 1. The lowest BCUT2D eigenvalue weighted by molar-refractivity contribution is -0.138. The molecule has 6 nitrogen and oxygen atoms in total. The van der Waals surface area contributed by atoms with Crippen LogP contribution in [0.15, 0.2) is 30.3 Å². The first-order valence-corrected chi connectivity index (χ1v) is 9.01. The van der Waals surface area contributed by atoms with Crippen molar-refractivity contribution in [1.82, 2.24) is 15.1 Å². The second-order valence-electron chi connectivity index (χ2n) is 7.29. The summed E-state index contributed by atoms with van der Waals surface area (Å²) in [6, 6.07) is 9.46. The summed E-state index contributed by atoms with van der Waals surface area (Å²) < 4.78 is 1.94. The molecule has 26 heavy (non-hydrogen) atoms. The molecule has 0 atom stereocenters. The lowest BCUT2D eigenvalue weighted by Gasteiger charge is -2.28. The molecule has 0 saturated heterocycles. The molecule has 0 unspecified atom stereocenters. The van der Waals surface area contributed by atoms with Gasteiger partial charge in [0.1, 0.15) is 0 Å². The van der Waals surface area contributed by atoms with Crippen LogP contribution in [0.2, 0.25) is 0 Å². The van der Waals surface area contributed by atoms with Crippen LogP contribution in [-0.4, -0.2) is 32.3 Å². The van der Waals surface area contributed by atoms with Crippen LogP contribution >= 0.6 is 0 Å². The Hall–Kier alpha value is -2.63. The Morgan fingerprint density at radius 1 is 1.19 bits per heavy atom. The molecule has 6 heteroatoms. The Morgan fingerprint density at radius 2 is 1.85 bits per heavy atom. The first kappa shape index (κ1) is 18.2. The van der Waals surface area contributed by atoms with Crippen molar-refractivity contribution in [2.24, 2.45) is 0 Å². The molecule has 1 saturated carbocycles. The first-order chi connectivity index (χ1) is 12.4. The van der Waals surface area contributed by atoms with Gasteiger partial charge in [0.05, 0.1) is 24.2 Å². The van der Waals surface area contributed by atoms with Gasteiger partial charge >= 0.3 is 5.97 Å². The molecule has 1 aliphatic carbocycles. The number of nitrogens with one attached hydrogen (secondary N) is 1. The van der Waals surface area contributed by atoms with E-state index in [1.807, 2.05) is 36.7 Å². The van der Waals surface area contributed by atoms with Crippen molar-refractivity contribution < 1.29 is 14.7 Å². The monoisotopic (exact) mass is 355 g/mol. The molecule has 1 heterocycles. The van der Waals surface area contributed by atoms with Gasteiger partial charge in [-0.25, -0.2) is 0 Å². The van der Waals surface area contributed by atoms with Crippen LogP contribution in [0.5, 0.6) is 0 Å². The fraction of sp³-hybridized carbons (Fsp3) is 0.450. The second-order valence-corrected chi connectivity index (χ2v) is 7.29. The van der Waals surface area contributed by atoms with Crippen LogP contribution in [0.4, 0.5) is 0 Å². The summed E-state index contributed by atoms with van der Waals surface area (Å²) in [4.78, 5) is 23.8. The summed E-state index contributed by atoms with van der Waals surface area (Å²) >= 11 is 0. The topological polar surface area (TPSA) is 84.2 Å². The Balaban J connectivity index is 1.68. The average molecular weight is 355 g/mol. The summed E-state index contributed by atoms with van der Waals surface area (Å²) in [5.41, 5.74) is 3.10. The highest BCUT2D eigenvalue weighted by Crippen LogP contribution is 2.33. The zero-order chi connectivity index (χ0) is 18.7. The SMILES string of the molecule is Cc1cc(C)n(Cc2ccc(C(=O)NC3(CC(=O)O)CCCC3)cc2)n1. The van der Waals surface area contributed by atoms with Gasteiger partial charge in [-0.15, -0.1) is 0 Å². The van der Waals surface area contributed by atoms with Crippen LogP contribution in [-0.2, 0) is 11.3 Å². The summed E-state index contributed by atoms with van der Waals surface area (Å²) in [7, 11) is 0. The normalized spacial score (nSPS) is 15.8. The van der Waals surface area contributed by atoms with Gasteiger partial charge in [0, 0.05) is 11.3 Å². The molecule has 2 N–H and O–H groups in total. The Kier molecular flexibility index (Phi) is 5.11. The van der Waals surface area contributed by atoms with Crippen LogP contribution in [0, 0.1) is 13.8 Å². The number of aromatic nitrogens is 2. The quantitative estimate of drug-likeness (QED) is 0.834. The van der Waals surface area contributed by atoms with E-state index in [4.69, 9.17) is 5.11 Å². The zero-order valence-electron chi connectivity index (χ0n) is 15.3. The lowest BCUT2D eigenvalue weighted by atomic mass is 9.92. The van der Waals surface area contributed by atoms with E-state index in [9.17, 15) is 9.59 Å². The van der Waals surface area contributed by atoms with E-state index in [-0.39, 0.29) is 12.3 Å². The number of carboxylic acid groups (broad SMARTS) is 1. The number of aryl methyl sites for hydroxylation is 2. The third kappa shape index (κ3) is 4.12. The maximum Gasteiger partial charge on any atom is 0.305 e. The van der Waals surface area contributed by atoms with E-state index in [1.165, 1.54) is 0 Å². The van der Waals surface area contributed by atoms with Gasteiger partial charge in [-0.2, -0.15) is 5.10 Å². The average Bonchev–Trinajstić information content (AvgIpc) is 3.14. The highest BCUT2D eigenvalue weighted by molar-refractivity contribution is 5.95. The van der Waals surface area contributed by atoms with Crippen LogP contribution in [0.3, 0.4) is 0 Å². The predicted octanol–water partition coefficient (Wildman–Crippen LogP) is 3.07. The van der Waals surface area contributed by atoms with Gasteiger partial charge in [-0.1, -0.05) is 25.0 Å². The van der Waals surface area contributed by atoms with E-state index in [0.717, 1.165) is 42.6 Å². The van der Waals surface area contributed by atoms with Crippen molar-refractivity contribution in [3.8, 4) is 0 Å². The first-order valence-electron chi connectivity index (χ1n) is 9.01. The van der Waals surface area contributed by atoms with Crippen molar-refractivity contribution in [3.05, 3.63) is 52.8 Å². The number of hydrogen-bond donors (Lipinski definition) is 2. The van der Waals surface area contributed by atoms with E-state index in [1.54, 1.807) is 12.1 Å². The molecule has 1 fully saturated rings. The standard InChI is InChI=1S/C20H25N3O3/c1-14-11-15(2)23(22-14)13-16-5-7-17(8-6-16)19(26)21-20(12-18(24)25)9-3-4-10-20/h5-8,11H,3-4,9-10,12-13H2,1-2H3,(H,21,26)(H,24,25). The number of hydrogen-bond acceptors (Lipinski definition) is 3. The molecule has 1 amide bonds. The largest absolute Gasteiger partial charge is 0.481 e. The van der Waals surface area contributed by atoms with Crippen molar-refractivity contribution in [3.63, 3.8) is 0 Å². The summed E-state index contributed by atoms with van der Waals surface area (Å²) in [6.07, 6.45) is 3.33. The Labute approximate surface area is 153 Å². The molecule has 1 aromatic heterocycles. The van der Waals surface area contributed by atoms with Gasteiger partial charge in [-0.3, -0.25) is 14.3 Å². The van der Waals surface area contributed by atoms with Crippen molar-refractivity contribution >= 4 is 11.9 Å². The van der Waals surface area contributed by atoms with Crippen molar-refractivity contribution in [1.29, 1.82) is 0 Å². The third-order valence-corrected chi connectivity index (χ3v) is 5.08. The number of carbonyl (C=O) groups is 2. The van der Waals surface area contributed by atoms with Crippen molar-refractivity contribution in [2.75, 3.05) is 0 Å². The van der Waals surface area contributed by atoms with E-state index in [2.05, 4.69) is 10.4 Å². The number of nitrogens with zero attached hydrogens (tertiary/aromatic N) is 2. The number of rotatable bonds is 6. The highest BCUT2D eigenvalue weighted by atomic mass is 16.4. The predicted molar refractivity (Wildman–Crippen MR) is 98.2 cm³/mol. The van der Waals surface area contributed by atoms with Gasteiger partial charge < -0.3 is 10.4 Å². The van der Waals surface area contributed by atoms with Crippen LogP contribution in [0.25, 0.3) is 0 Å². The molecule has 0 aliphatic heterocycles. The fourth-order valence-corrected chi connectivity index (χ4v) is 3.77. The Morgan fingerprint density at radius 3 is 2.38 bits per heavy atom. The molecule has 3 rings (SSSR count). The number of amides is 1. The minimum atomic E-state index is -0.868. The maximum atomic E-state index is 12.6.